The van der Waals surface area contributed by atoms with Gasteiger partial charge in [0.05, 0.1) is 4.99 Å². The summed E-state index contributed by atoms with van der Waals surface area (Å²) in [6.07, 6.45) is 5.05. The van der Waals surface area contributed by atoms with Crippen molar-refractivity contribution in [3.8, 4) is 0 Å². The number of nitrogens with zero attached hydrogens (tertiary/aromatic N) is 1. The minimum Gasteiger partial charge on any atom is -0.350 e. The number of benzene rings is 1. The molecule has 1 aromatic carbocycles. The highest BCUT2D eigenvalue weighted by atomic mass is 32.1. The van der Waals surface area contributed by atoms with Crippen LogP contribution in [0.3, 0.4) is 0 Å². The van der Waals surface area contributed by atoms with E-state index in [2.05, 4.69) is 10.2 Å². The molecule has 1 aliphatic rings. The van der Waals surface area contributed by atoms with E-state index >= 15 is 0 Å². The largest absolute Gasteiger partial charge is 0.350 e. The summed E-state index contributed by atoms with van der Waals surface area (Å²) < 4.78 is 0. The van der Waals surface area contributed by atoms with Crippen LogP contribution in [-0.4, -0.2) is 29.5 Å². The van der Waals surface area contributed by atoms with Crippen molar-refractivity contribution < 1.29 is 0 Å². The van der Waals surface area contributed by atoms with Gasteiger partial charge in [0.15, 0.2) is 0 Å². The quantitative estimate of drug-likeness (QED) is 0.823. The van der Waals surface area contributed by atoms with Crippen LogP contribution in [0.4, 0.5) is 5.69 Å². The highest BCUT2D eigenvalue weighted by Gasteiger charge is 2.10. The SMILES string of the molecule is S=C(CCN1CCCCC1)Nc1ccccc1. The lowest BCUT2D eigenvalue weighted by Crippen LogP contribution is -2.32. The van der Waals surface area contributed by atoms with Crippen LogP contribution >= 0.6 is 12.2 Å². The normalized spacial score (nSPS) is 16.7. The highest BCUT2D eigenvalue weighted by Crippen LogP contribution is 2.10. The Morgan fingerprint density at radius 1 is 1.12 bits per heavy atom. The van der Waals surface area contributed by atoms with Gasteiger partial charge in [-0.2, -0.15) is 0 Å². The van der Waals surface area contributed by atoms with Crippen molar-refractivity contribution in [2.75, 3.05) is 25.0 Å². The van der Waals surface area contributed by atoms with E-state index in [4.69, 9.17) is 12.2 Å². The van der Waals surface area contributed by atoms with E-state index in [9.17, 15) is 0 Å². The molecule has 0 bridgehead atoms. The van der Waals surface area contributed by atoms with E-state index in [1.54, 1.807) is 0 Å². The maximum Gasteiger partial charge on any atom is 0.0810 e. The molecule has 1 aromatic rings. The Labute approximate surface area is 109 Å². The van der Waals surface area contributed by atoms with Crippen LogP contribution in [0, 0.1) is 0 Å². The van der Waals surface area contributed by atoms with Crippen LogP contribution in [-0.2, 0) is 0 Å². The first-order valence-electron chi connectivity index (χ1n) is 6.42. The van der Waals surface area contributed by atoms with E-state index in [0.717, 1.165) is 23.6 Å². The van der Waals surface area contributed by atoms with Crippen molar-refractivity contribution in [1.29, 1.82) is 0 Å². The van der Waals surface area contributed by atoms with Crippen molar-refractivity contribution in [1.82, 2.24) is 4.90 Å². The van der Waals surface area contributed by atoms with Crippen molar-refractivity contribution in [3.05, 3.63) is 30.3 Å². The van der Waals surface area contributed by atoms with Gasteiger partial charge < -0.3 is 10.2 Å². The Morgan fingerprint density at radius 3 is 2.53 bits per heavy atom. The fourth-order valence-electron chi connectivity index (χ4n) is 2.19. The topological polar surface area (TPSA) is 15.3 Å². The number of hydrogen-bond donors (Lipinski definition) is 1. The zero-order chi connectivity index (χ0) is 11.9. The van der Waals surface area contributed by atoms with Gasteiger partial charge in [-0.3, -0.25) is 0 Å². The smallest absolute Gasteiger partial charge is 0.0810 e. The lowest BCUT2D eigenvalue weighted by molar-refractivity contribution is 0.235. The summed E-state index contributed by atoms with van der Waals surface area (Å²) >= 11 is 5.37. The second-order valence-electron chi connectivity index (χ2n) is 4.57. The number of likely N-dealkylation sites (tertiary alicyclic amines) is 1. The van der Waals surface area contributed by atoms with E-state index in [1.807, 2.05) is 30.3 Å². The van der Waals surface area contributed by atoms with E-state index in [-0.39, 0.29) is 0 Å². The monoisotopic (exact) mass is 248 g/mol. The molecule has 17 heavy (non-hydrogen) atoms. The van der Waals surface area contributed by atoms with Gasteiger partial charge in [-0.15, -0.1) is 0 Å². The Hall–Kier alpha value is -0.930. The van der Waals surface area contributed by atoms with E-state index in [1.165, 1.54) is 32.4 Å². The minimum atomic E-state index is 0.946. The highest BCUT2D eigenvalue weighted by molar-refractivity contribution is 7.80. The predicted molar refractivity (Wildman–Crippen MR) is 77.6 cm³/mol. The molecule has 0 radical (unpaired) electrons. The molecule has 92 valence electrons. The van der Waals surface area contributed by atoms with Crippen molar-refractivity contribution in [2.45, 2.75) is 25.7 Å². The van der Waals surface area contributed by atoms with Gasteiger partial charge in [0.1, 0.15) is 0 Å². The fraction of sp³-hybridized carbons (Fsp3) is 0.500. The average Bonchev–Trinajstić information content (AvgIpc) is 2.39. The van der Waals surface area contributed by atoms with Crippen molar-refractivity contribution in [2.24, 2.45) is 0 Å². The molecule has 0 amide bonds. The predicted octanol–water partition coefficient (Wildman–Crippen LogP) is 3.30. The first-order chi connectivity index (χ1) is 8.34. The molecule has 1 N–H and O–H groups in total. The third kappa shape index (κ3) is 4.44. The van der Waals surface area contributed by atoms with Crippen LogP contribution in [0.25, 0.3) is 0 Å². The lowest BCUT2D eigenvalue weighted by atomic mass is 10.1. The molecular weight excluding hydrogens is 228 g/mol. The van der Waals surface area contributed by atoms with Gasteiger partial charge in [-0.05, 0) is 38.1 Å². The van der Waals surface area contributed by atoms with Crippen LogP contribution < -0.4 is 5.32 Å². The summed E-state index contributed by atoms with van der Waals surface area (Å²) in [5.74, 6) is 0. The Balaban J connectivity index is 1.70. The molecule has 0 aromatic heterocycles. The maximum absolute atomic E-state index is 5.37. The second kappa shape index (κ2) is 6.72. The first-order valence-corrected chi connectivity index (χ1v) is 6.83. The van der Waals surface area contributed by atoms with Crippen LogP contribution in [0.1, 0.15) is 25.7 Å². The second-order valence-corrected chi connectivity index (χ2v) is 5.06. The van der Waals surface area contributed by atoms with Gasteiger partial charge in [-0.1, -0.05) is 36.8 Å². The molecule has 1 fully saturated rings. The van der Waals surface area contributed by atoms with Gasteiger partial charge in [0.2, 0.25) is 0 Å². The molecule has 1 heterocycles. The van der Waals surface area contributed by atoms with Gasteiger partial charge >= 0.3 is 0 Å². The number of hydrogen-bond acceptors (Lipinski definition) is 2. The number of para-hydroxylation sites is 1. The molecule has 1 saturated heterocycles. The van der Waals surface area contributed by atoms with Crippen molar-refractivity contribution >= 4 is 22.9 Å². The maximum atomic E-state index is 5.37. The summed E-state index contributed by atoms with van der Waals surface area (Å²) in [6, 6.07) is 10.2. The summed E-state index contributed by atoms with van der Waals surface area (Å²) in [7, 11) is 0. The number of rotatable bonds is 4. The molecule has 0 spiro atoms. The Kier molecular flexibility index (Phi) is 4.95. The summed E-state index contributed by atoms with van der Waals surface area (Å²) in [4.78, 5) is 3.46. The lowest BCUT2D eigenvalue weighted by Gasteiger charge is -2.26. The summed E-state index contributed by atoms with van der Waals surface area (Å²) in [6.45, 7) is 3.58. The van der Waals surface area contributed by atoms with Gasteiger partial charge in [0, 0.05) is 18.7 Å². The number of thiocarbonyl (C=S) groups is 1. The zero-order valence-corrected chi connectivity index (χ0v) is 11.0. The van der Waals surface area contributed by atoms with Crippen molar-refractivity contribution in [3.63, 3.8) is 0 Å². The minimum absolute atomic E-state index is 0.946. The third-order valence-electron chi connectivity index (χ3n) is 3.16. The first kappa shape index (κ1) is 12.5. The molecule has 2 nitrogen and oxygen atoms in total. The van der Waals surface area contributed by atoms with Crippen LogP contribution in [0.15, 0.2) is 30.3 Å². The number of anilines is 1. The van der Waals surface area contributed by atoms with Crippen LogP contribution in [0.5, 0.6) is 0 Å². The molecule has 0 unspecified atom stereocenters. The molecular formula is C14H20N2S. The zero-order valence-electron chi connectivity index (χ0n) is 10.2. The van der Waals surface area contributed by atoms with Gasteiger partial charge in [-0.25, -0.2) is 0 Å². The fourth-order valence-corrected chi connectivity index (χ4v) is 2.40. The molecule has 0 atom stereocenters. The summed E-state index contributed by atoms with van der Waals surface area (Å²) in [5.41, 5.74) is 1.09. The third-order valence-corrected chi connectivity index (χ3v) is 3.47. The molecule has 3 heteroatoms. The molecule has 1 aliphatic heterocycles. The molecule has 0 saturated carbocycles. The van der Waals surface area contributed by atoms with E-state index < -0.39 is 0 Å². The summed E-state index contributed by atoms with van der Waals surface area (Å²) in [5, 5.41) is 3.29. The average molecular weight is 248 g/mol. The van der Waals surface area contributed by atoms with E-state index in [0.29, 0.717) is 0 Å². The number of piperidine rings is 1. The number of nitrogens with one attached hydrogen (secondary N) is 1. The van der Waals surface area contributed by atoms with Crippen LogP contribution in [0.2, 0.25) is 0 Å². The Bertz CT molecular complexity index is 344. The molecule has 0 aliphatic carbocycles. The standard InChI is InChI=1S/C14H20N2S/c17-14(15-13-7-3-1-4-8-13)9-12-16-10-5-2-6-11-16/h1,3-4,7-8H,2,5-6,9-12H2,(H,15,17). The van der Waals surface area contributed by atoms with Gasteiger partial charge in [0.25, 0.3) is 0 Å². The molecule has 2 rings (SSSR count). The Morgan fingerprint density at radius 2 is 1.82 bits per heavy atom.